The Morgan fingerprint density at radius 1 is 1.32 bits per heavy atom. The third-order valence-corrected chi connectivity index (χ3v) is 5.57. The lowest BCUT2D eigenvalue weighted by Crippen LogP contribution is -2.47. The number of aromatic nitrogens is 1. The minimum absolute atomic E-state index is 0.0529. The summed E-state index contributed by atoms with van der Waals surface area (Å²) in [6.07, 6.45) is 9.82. The smallest absolute Gasteiger partial charge is 0.112 e. The summed E-state index contributed by atoms with van der Waals surface area (Å²) >= 11 is 1.72. The van der Waals surface area contributed by atoms with E-state index in [2.05, 4.69) is 24.1 Å². The quantitative estimate of drug-likeness (QED) is 0.814. The van der Waals surface area contributed by atoms with Gasteiger partial charge in [0.05, 0.1) is 5.54 Å². The third-order valence-electron chi connectivity index (χ3n) is 4.47. The van der Waals surface area contributed by atoms with Crippen LogP contribution in [0.15, 0.2) is 11.6 Å². The lowest BCUT2D eigenvalue weighted by atomic mass is 9.79. The molecule has 2 rings (SSSR count). The van der Waals surface area contributed by atoms with Crippen LogP contribution < -0.4 is 11.1 Å². The summed E-state index contributed by atoms with van der Waals surface area (Å²) in [5.41, 5.74) is 6.35. The highest BCUT2D eigenvalue weighted by atomic mass is 32.1. The Kier molecular flexibility index (Phi) is 4.98. The van der Waals surface area contributed by atoms with Gasteiger partial charge in [-0.2, -0.15) is 0 Å². The zero-order chi connectivity index (χ0) is 13.8. The van der Waals surface area contributed by atoms with Crippen LogP contribution in [-0.2, 0) is 5.54 Å². The summed E-state index contributed by atoms with van der Waals surface area (Å²) in [5.74, 6) is 0. The molecule has 3 N–H and O–H groups in total. The van der Waals surface area contributed by atoms with Crippen LogP contribution in [0.5, 0.6) is 0 Å². The van der Waals surface area contributed by atoms with Gasteiger partial charge in [-0.15, -0.1) is 11.3 Å². The van der Waals surface area contributed by atoms with Crippen LogP contribution in [0.25, 0.3) is 0 Å². The fourth-order valence-electron chi connectivity index (χ4n) is 2.95. The predicted octanol–water partition coefficient (Wildman–Crippen LogP) is 3.27. The van der Waals surface area contributed by atoms with Crippen LogP contribution in [0.4, 0.5) is 0 Å². The van der Waals surface area contributed by atoms with Gasteiger partial charge in [0.25, 0.3) is 0 Å². The molecule has 0 bridgehead atoms. The molecule has 108 valence electrons. The van der Waals surface area contributed by atoms with Crippen molar-refractivity contribution in [3.05, 3.63) is 16.6 Å². The van der Waals surface area contributed by atoms with E-state index < -0.39 is 0 Å². The van der Waals surface area contributed by atoms with E-state index in [0.717, 1.165) is 18.1 Å². The van der Waals surface area contributed by atoms with Crippen molar-refractivity contribution in [3.8, 4) is 0 Å². The molecule has 1 heterocycles. The average Bonchev–Trinajstić information content (AvgIpc) is 2.85. The fourth-order valence-corrected chi connectivity index (χ4v) is 3.69. The van der Waals surface area contributed by atoms with Gasteiger partial charge in [-0.1, -0.05) is 25.7 Å². The summed E-state index contributed by atoms with van der Waals surface area (Å²) in [7, 11) is 0. The minimum atomic E-state index is -0.0529. The lowest BCUT2D eigenvalue weighted by Gasteiger charge is -2.36. The molecule has 0 atom stereocenters. The maximum absolute atomic E-state index is 6.10. The Morgan fingerprint density at radius 3 is 2.53 bits per heavy atom. The van der Waals surface area contributed by atoms with Gasteiger partial charge >= 0.3 is 0 Å². The number of thiazole rings is 1. The Balaban J connectivity index is 1.99. The highest BCUT2D eigenvalue weighted by Crippen LogP contribution is 2.34. The molecule has 4 heteroatoms. The van der Waals surface area contributed by atoms with Crippen LogP contribution in [-0.4, -0.2) is 18.1 Å². The van der Waals surface area contributed by atoms with Crippen LogP contribution in [0.3, 0.4) is 0 Å². The number of hydrogen-bond acceptors (Lipinski definition) is 4. The zero-order valence-corrected chi connectivity index (χ0v) is 13.1. The lowest BCUT2D eigenvalue weighted by molar-refractivity contribution is 0.212. The van der Waals surface area contributed by atoms with Crippen molar-refractivity contribution in [3.63, 3.8) is 0 Å². The summed E-state index contributed by atoms with van der Waals surface area (Å²) in [5, 5.41) is 6.92. The van der Waals surface area contributed by atoms with Crippen molar-refractivity contribution in [2.75, 3.05) is 13.1 Å². The van der Waals surface area contributed by atoms with Crippen molar-refractivity contribution < 1.29 is 0 Å². The second kappa shape index (κ2) is 6.33. The summed E-state index contributed by atoms with van der Waals surface area (Å²) in [6.45, 7) is 6.24. The van der Waals surface area contributed by atoms with Crippen LogP contribution in [0, 0.1) is 5.41 Å². The van der Waals surface area contributed by atoms with Gasteiger partial charge in [0.1, 0.15) is 5.01 Å². The normalized spacial score (nSPS) is 20.2. The molecule has 19 heavy (non-hydrogen) atoms. The molecule has 3 nitrogen and oxygen atoms in total. The summed E-state index contributed by atoms with van der Waals surface area (Å²) < 4.78 is 0. The van der Waals surface area contributed by atoms with E-state index in [0.29, 0.717) is 5.41 Å². The Labute approximate surface area is 121 Å². The molecule has 0 aliphatic heterocycles. The van der Waals surface area contributed by atoms with Crippen LogP contribution in [0.2, 0.25) is 0 Å². The Hall–Kier alpha value is -0.450. The Morgan fingerprint density at radius 2 is 2.00 bits per heavy atom. The van der Waals surface area contributed by atoms with Crippen molar-refractivity contribution in [2.24, 2.45) is 11.1 Å². The van der Waals surface area contributed by atoms with Gasteiger partial charge in [0, 0.05) is 18.1 Å². The summed E-state index contributed by atoms with van der Waals surface area (Å²) in [6, 6.07) is 0. The largest absolute Gasteiger partial charge is 0.330 e. The molecule has 1 aliphatic carbocycles. The molecule has 0 amide bonds. The van der Waals surface area contributed by atoms with E-state index in [-0.39, 0.29) is 5.54 Å². The molecule has 1 aromatic rings. The molecular weight excluding hydrogens is 254 g/mol. The first-order valence-corrected chi connectivity index (χ1v) is 8.31. The van der Waals surface area contributed by atoms with Gasteiger partial charge in [-0.25, -0.2) is 4.98 Å². The molecule has 0 aromatic carbocycles. The second-order valence-corrected chi connectivity index (χ2v) is 7.33. The van der Waals surface area contributed by atoms with E-state index in [1.807, 2.05) is 11.6 Å². The van der Waals surface area contributed by atoms with Crippen molar-refractivity contribution in [1.82, 2.24) is 10.3 Å². The summed E-state index contributed by atoms with van der Waals surface area (Å²) in [4.78, 5) is 4.44. The highest BCUT2D eigenvalue weighted by molar-refractivity contribution is 7.09. The van der Waals surface area contributed by atoms with E-state index in [1.165, 1.54) is 38.5 Å². The minimum Gasteiger partial charge on any atom is -0.330 e. The number of nitrogens with one attached hydrogen (secondary N) is 1. The third kappa shape index (κ3) is 3.77. The number of nitrogens with zero attached hydrogens (tertiary/aromatic N) is 1. The number of hydrogen-bond donors (Lipinski definition) is 2. The molecule has 0 unspecified atom stereocenters. The molecule has 0 saturated heterocycles. The van der Waals surface area contributed by atoms with Crippen molar-refractivity contribution in [2.45, 2.75) is 57.9 Å². The monoisotopic (exact) mass is 281 g/mol. The first-order chi connectivity index (χ1) is 9.08. The van der Waals surface area contributed by atoms with Crippen molar-refractivity contribution in [1.29, 1.82) is 0 Å². The highest BCUT2D eigenvalue weighted by Gasteiger charge is 2.32. The predicted molar refractivity (Wildman–Crippen MR) is 82.3 cm³/mol. The molecule has 1 fully saturated rings. The topological polar surface area (TPSA) is 50.9 Å². The molecule has 0 spiro atoms. The number of rotatable bonds is 5. The molecular formula is C15H27N3S. The van der Waals surface area contributed by atoms with E-state index in [4.69, 9.17) is 5.73 Å². The van der Waals surface area contributed by atoms with Gasteiger partial charge in [0.15, 0.2) is 0 Å². The first kappa shape index (κ1) is 14.9. The van der Waals surface area contributed by atoms with Crippen LogP contribution in [0.1, 0.15) is 57.4 Å². The zero-order valence-electron chi connectivity index (χ0n) is 12.2. The van der Waals surface area contributed by atoms with Gasteiger partial charge in [-0.3, -0.25) is 0 Å². The van der Waals surface area contributed by atoms with Gasteiger partial charge in [0.2, 0.25) is 0 Å². The molecule has 1 aliphatic rings. The second-order valence-electron chi connectivity index (χ2n) is 6.43. The molecule has 1 saturated carbocycles. The van der Waals surface area contributed by atoms with Crippen molar-refractivity contribution >= 4 is 11.3 Å². The fraction of sp³-hybridized carbons (Fsp3) is 0.800. The standard InChI is InChI=1S/C15H27N3S/c1-14(2,13-17-9-10-19-13)18-12-15(11-16)7-5-3-4-6-8-15/h9-10,18H,3-8,11-12,16H2,1-2H3. The van der Waals surface area contributed by atoms with Crippen LogP contribution >= 0.6 is 11.3 Å². The van der Waals surface area contributed by atoms with E-state index in [9.17, 15) is 0 Å². The number of nitrogens with two attached hydrogens (primary N) is 1. The van der Waals surface area contributed by atoms with E-state index in [1.54, 1.807) is 11.3 Å². The molecule has 1 aromatic heterocycles. The van der Waals surface area contributed by atoms with Gasteiger partial charge in [-0.05, 0) is 38.6 Å². The SMILES string of the molecule is CC(C)(NCC1(CN)CCCCCC1)c1nccs1. The Bertz CT molecular complexity index is 365. The maximum atomic E-state index is 6.10. The van der Waals surface area contributed by atoms with E-state index >= 15 is 0 Å². The molecule has 0 radical (unpaired) electrons. The first-order valence-electron chi connectivity index (χ1n) is 7.43. The average molecular weight is 281 g/mol. The van der Waals surface area contributed by atoms with Gasteiger partial charge < -0.3 is 11.1 Å². The maximum Gasteiger partial charge on any atom is 0.112 e.